The van der Waals surface area contributed by atoms with Crippen LogP contribution in [0.25, 0.3) is 11.5 Å². The van der Waals surface area contributed by atoms with E-state index in [0.717, 1.165) is 12.8 Å². The summed E-state index contributed by atoms with van der Waals surface area (Å²) in [6.07, 6.45) is 3.98. The van der Waals surface area contributed by atoms with Crippen molar-refractivity contribution >= 4 is 11.9 Å². The van der Waals surface area contributed by atoms with Gasteiger partial charge in [-0.25, -0.2) is 14.5 Å². The summed E-state index contributed by atoms with van der Waals surface area (Å²) >= 11 is 0. The predicted molar refractivity (Wildman–Crippen MR) is 82.3 cm³/mol. The average molecular weight is 314 g/mol. The predicted octanol–water partition coefficient (Wildman–Crippen LogP) is 0.891. The van der Waals surface area contributed by atoms with Crippen LogP contribution in [-0.2, 0) is 17.8 Å². The molecule has 0 aliphatic carbocycles. The molecule has 8 heteroatoms. The summed E-state index contributed by atoms with van der Waals surface area (Å²) in [6, 6.07) is 4.47. The number of urea groups is 1. The first kappa shape index (κ1) is 15.1. The number of carbonyl (C=O) groups is 2. The van der Waals surface area contributed by atoms with Crippen molar-refractivity contribution in [3.63, 3.8) is 0 Å². The zero-order chi connectivity index (χ0) is 16.2. The van der Waals surface area contributed by atoms with Crippen molar-refractivity contribution < 1.29 is 9.59 Å². The van der Waals surface area contributed by atoms with Crippen LogP contribution in [0, 0.1) is 0 Å². The topological polar surface area (TPSA) is 102 Å². The quantitative estimate of drug-likeness (QED) is 0.771. The van der Waals surface area contributed by atoms with Crippen molar-refractivity contribution in [3.8, 4) is 11.5 Å². The molecule has 0 radical (unpaired) electrons. The summed E-state index contributed by atoms with van der Waals surface area (Å²) in [4.78, 5) is 31.7. The molecule has 1 saturated heterocycles. The third-order valence-corrected chi connectivity index (χ3v) is 3.61. The van der Waals surface area contributed by atoms with Gasteiger partial charge >= 0.3 is 6.03 Å². The number of nitrogens with one attached hydrogen (secondary N) is 2. The van der Waals surface area contributed by atoms with Gasteiger partial charge in [0.05, 0.1) is 0 Å². The molecule has 1 atom stereocenters. The lowest BCUT2D eigenvalue weighted by Crippen LogP contribution is -2.32. The summed E-state index contributed by atoms with van der Waals surface area (Å²) in [5.74, 6) is 0.863. The molecule has 0 aromatic carbocycles. The average Bonchev–Trinajstić information content (AvgIpc) is 3.10. The molecule has 1 aliphatic heterocycles. The van der Waals surface area contributed by atoms with Crippen LogP contribution < -0.4 is 10.6 Å². The molecule has 2 N–H and O–H groups in total. The van der Waals surface area contributed by atoms with Crippen LogP contribution >= 0.6 is 0 Å². The second-order valence-corrected chi connectivity index (χ2v) is 5.36. The second-order valence-electron chi connectivity index (χ2n) is 5.36. The third-order valence-electron chi connectivity index (χ3n) is 3.61. The van der Waals surface area contributed by atoms with Gasteiger partial charge < -0.3 is 5.32 Å². The fraction of sp³-hybridized carbons (Fsp3) is 0.400. The lowest BCUT2D eigenvalue weighted by atomic mass is 10.2. The Kier molecular flexibility index (Phi) is 4.31. The number of carbonyl (C=O) groups excluding carboxylic acids is 2. The lowest BCUT2D eigenvalue weighted by molar-refractivity contribution is -0.120. The van der Waals surface area contributed by atoms with Gasteiger partial charge in [0, 0.05) is 19.2 Å². The highest BCUT2D eigenvalue weighted by Crippen LogP contribution is 2.15. The number of imide groups is 1. The van der Waals surface area contributed by atoms with Gasteiger partial charge in [0.2, 0.25) is 0 Å². The number of amides is 3. The van der Waals surface area contributed by atoms with E-state index < -0.39 is 12.1 Å². The van der Waals surface area contributed by atoms with Gasteiger partial charge in [-0.3, -0.25) is 15.1 Å². The number of nitrogens with zero attached hydrogens (tertiary/aromatic N) is 4. The number of hydrogen-bond acceptors (Lipinski definition) is 5. The van der Waals surface area contributed by atoms with Gasteiger partial charge in [-0.1, -0.05) is 19.4 Å². The largest absolute Gasteiger partial charge is 0.326 e. The van der Waals surface area contributed by atoms with Crippen LogP contribution in [-0.4, -0.2) is 37.7 Å². The van der Waals surface area contributed by atoms with Gasteiger partial charge in [0.25, 0.3) is 5.91 Å². The molecule has 1 aliphatic rings. The fourth-order valence-corrected chi connectivity index (χ4v) is 2.40. The Bertz CT molecular complexity index is 712. The van der Waals surface area contributed by atoms with Gasteiger partial charge in [0.15, 0.2) is 5.82 Å². The molecule has 0 spiro atoms. The Morgan fingerprint density at radius 2 is 2.17 bits per heavy atom. The normalized spacial score (nSPS) is 17.2. The summed E-state index contributed by atoms with van der Waals surface area (Å²) in [5, 5.41) is 9.32. The molecule has 3 heterocycles. The third kappa shape index (κ3) is 3.36. The monoisotopic (exact) mass is 314 g/mol. The number of pyridine rings is 1. The Morgan fingerprint density at radius 1 is 1.30 bits per heavy atom. The van der Waals surface area contributed by atoms with E-state index in [0.29, 0.717) is 30.3 Å². The van der Waals surface area contributed by atoms with Crippen molar-refractivity contribution in [1.82, 2.24) is 30.4 Å². The Labute approximate surface area is 133 Å². The van der Waals surface area contributed by atoms with Crippen LogP contribution in [0.2, 0.25) is 0 Å². The molecular weight excluding hydrogens is 296 g/mol. The van der Waals surface area contributed by atoms with E-state index in [9.17, 15) is 9.59 Å². The molecule has 23 heavy (non-hydrogen) atoms. The van der Waals surface area contributed by atoms with Gasteiger partial charge in [-0.2, -0.15) is 0 Å². The van der Waals surface area contributed by atoms with E-state index in [4.69, 9.17) is 0 Å². The van der Waals surface area contributed by atoms with Crippen molar-refractivity contribution in [1.29, 1.82) is 0 Å². The first-order valence-electron chi connectivity index (χ1n) is 7.64. The number of unbranched alkanes of at least 4 members (excludes halogenated alkanes) is 1. The molecule has 0 saturated carbocycles. The van der Waals surface area contributed by atoms with E-state index in [2.05, 4.69) is 32.6 Å². The van der Waals surface area contributed by atoms with E-state index in [1.165, 1.54) is 0 Å². The zero-order valence-corrected chi connectivity index (χ0v) is 12.8. The minimum absolute atomic E-state index is 0.307. The molecule has 0 bridgehead atoms. The zero-order valence-electron chi connectivity index (χ0n) is 12.8. The van der Waals surface area contributed by atoms with E-state index in [1.54, 1.807) is 10.9 Å². The van der Waals surface area contributed by atoms with Crippen LogP contribution in [0.1, 0.15) is 25.6 Å². The number of aromatic nitrogens is 4. The summed E-state index contributed by atoms with van der Waals surface area (Å²) in [5.41, 5.74) is 0.684. The van der Waals surface area contributed by atoms with E-state index in [-0.39, 0.29) is 5.91 Å². The van der Waals surface area contributed by atoms with Crippen LogP contribution in [0.4, 0.5) is 4.79 Å². The highest BCUT2D eigenvalue weighted by atomic mass is 16.2. The molecule has 3 rings (SSSR count). The molecule has 120 valence electrons. The van der Waals surface area contributed by atoms with Gasteiger partial charge in [-0.15, -0.1) is 5.10 Å². The van der Waals surface area contributed by atoms with E-state index >= 15 is 0 Å². The molecule has 1 unspecified atom stereocenters. The highest BCUT2D eigenvalue weighted by molar-refractivity contribution is 6.04. The summed E-state index contributed by atoms with van der Waals surface area (Å²) in [6.45, 7) is 2.81. The molecule has 8 nitrogen and oxygen atoms in total. The molecule has 2 aromatic heterocycles. The van der Waals surface area contributed by atoms with Crippen molar-refractivity contribution in [3.05, 3.63) is 30.2 Å². The summed E-state index contributed by atoms with van der Waals surface area (Å²) < 4.78 is 1.80. The molecule has 3 amide bonds. The van der Waals surface area contributed by atoms with Crippen LogP contribution in [0.5, 0.6) is 0 Å². The maximum absolute atomic E-state index is 11.7. The minimum Gasteiger partial charge on any atom is -0.326 e. The molecule has 2 aromatic rings. The SMILES string of the molecule is CCCCn1nc(-c2ccccn2)nc1CC1NC(=O)NC1=O. The standard InChI is InChI=1S/C15H18N6O2/c1-2-3-8-21-12(9-11-14(22)19-15(23)17-11)18-13(20-21)10-6-4-5-7-16-10/h4-7,11H,2-3,8-9H2,1H3,(H2,17,19,22,23). The van der Waals surface area contributed by atoms with Gasteiger partial charge in [0.1, 0.15) is 17.6 Å². The Hall–Kier alpha value is -2.77. The number of hydrogen-bond donors (Lipinski definition) is 2. The first-order chi connectivity index (χ1) is 11.2. The Balaban J connectivity index is 1.86. The van der Waals surface area contributed by atoms with Crippen LogP contribution in [0.3, 0.4) is 0 Å². The van der Waals surface area contributed by atoms with Gasteiger partial charge in [-0.05, 0) is 18.6 Å². The maximum Gasteiger partial charge on any atom is 0.322 e. The first-order valence-corrected chi connectivity index (χ1v) is 7.64. The van der Waals surface area contributed by atoms with Crippen molar-refractivity contribution in [2.24, 2.45) is 0 Å². The number of rotatable bonds is 6. The lowest BCUT2D eigenvalue weighted by Gasteiger charge is -2.08. The Morgan fingerprint density at radius 3 is 2.83 bits per heavy atom. The van der Waals surface area contributed by atoms with Crippen LogP contribution in [0.15, 0.2) is 24.4 Å². The smallest absolute Gasteiger partial charge is 0.322 e. The molecular formula is C15H18N6O2. The summed E-state index contributed by atoms with van der Waals surface area (Å²) in [7, 11) is 0. The fourth-order valence-electron chi connectivity index (χ4n) is 2.40. The highest BCUT2D eigenvalue weighted by Gasteiger charge is 2.31. The minimum atomic E-state index is -0.608. The molecule has 1 fully saturated rings. The second kappa shape index (κ2) is 6.55. The number of aryl methyl sites for hydroxylation is 1. The van der Waals surface area contributed by atoms with Crippen molar-refractivity contribution in [2.45, 2.75) is 38.8 Å². The van der Waals surface area contributed by atoms with E-state index in [1.807, 2.05) is 18.2 Å². The van der Waals surface area contributed by atoms with Crippen molar-refractivity contribution in [2.75, 3.05) is 0 Å². The maximum atomic E-state index is 11.7.